The first-order valence-electron chi connectivity index (χ1n) is 8.39. The van der Waals surface area contributed by atoms with Gasteiger partial charge >= 0.3 is 0 Å². The molecule has 1 amide bonds. The Morgan fingerprint density at radius 1 is 1.35 bits per heavy atom. The molecule has 9 heteroatoms. The van der Waals surface area contributed by atoms with Gasteiger partial charge in [-0.05, 0) is 25.8 Å². The summed E-state index contributed by atoms with van der Waals surface area (Å²) in [5.74, 6) is 0.734. The third-order valence-corrected chi connectivity index (χ3v) is 7.35. The van der Waals surface area contributed by atoms with Gasteiger partial charge in [-0.2, -0.15) is 0 Å². The second kappa shape index (κ2) is 7.40. The predicted octanol–water partition coefficient (Wildman–Crippen LogP) is 1.57. The van der Waals surface area contributed by atoms with E-state index in [1.165, 1.54) is 11.8 Å². The van der Waals surface area contributed by atoms with Crippen molar-refractivity contribution in [3.8, 4) is 11.4 Å². The number of amides is 1. The monoisotopic (exact) mass is 394 g/mol. The summed E-state index contributed by atoms with van der Waals surface area (Å²) in [5, 5.41) is 11.5. The van der Waals surface area contributed by atoms with Crippen molar-refractivity contribution in [1.82, 2.24) is 20.1 Å². The molecule has 2 atom stereocenters. The first kappa shape index (κ1) is 18.9. The summed E-state index contributed by atoms with van der Waals surface area (Å²) in [7, 11) is -1.14. The summed E-state index contributed by atoms with van der Waals surface area (Å²) in [5.41, 5.74) is 2.11. The molecule has 0 radical (unpaired) electrons. The molecule has 1 saturated heterocycles. The summed E-state index contributed by atoms with van der Waals surface area (Å²) >= 11 is 1.31. The Hall–Kier alpha value is -1.87. The van der Waals surface area contributed by atoms with Crippen molar-refractivity contribution in [1.29, 1.82) is 0 Å². The van der Waals surface area contributed by atoms with Crippen LogP contribution in [0.15, 0.2) is 29.4 Å². The lowest BCUT2D eigenvalue weighted by molar-refractivity contribution is -0.120. The highest BCUT2D eigenvalue weighted by Crippen LogP contribution is 2.27. The summed E-state index contributed by atoms with van der Waals surface area (Å²) in [4.78, 5) is 12.4. The van der Waals surface area contributed by atoms with Crippen molar-refractivity contribution in [2.45, 2.75) is 36.7 Å². The molecule has 1 aromatic carbocycles. The highest BCUT2D eigenvalue weighted by Gasteiger charge is 2.30. The minimum Gasteiger partial charge on any atom is -0.351 e. The number of nitrogens with zero attached hydrogens (tertiary/aromatic N) is 3. The Labute approximate surface area is 157 Å². The summed E-state index contributed by atoms with van der Waals surface area (Å²) in [6.07, 6.45) is 0.479. The van der Waals surface area contributed by atoms with Crippen LogP contribution in [-0.4, -0.2) is 51.9 Å². The fourth-order valence-corrected chi connectivity index (χ4v) is 5.41. The van der Waals surface area contributed by atoms with Gasteiger partial charge in [-0.25, -0.2) is 8.42 Å². The van der Waals surface area contributed by atoms with Gasteiger partial charge in [0.05, 0.1) is 16.8 Å². The number of thioether (sulfide) groups is 1. The van der Waals surface area contributed by atoms with Crippen LogP contribution in [0, 0.1) is 6.92 Å². The number of sulfone groups is 1. The standard InChI is InChI=1S/C17H22N4O3S2/c1-11-6-4-5-7-14(11)15-19-20-17(21(15)3)25-12(2)16(22)18-13-8-9-26(23,24)10-13/h4-7,12-13H,8-10H2,1-3H3,(H,18,22)/t12-,13-/m0/s1. The number of aryl methyl sites for hydroxylation is 1. The number of benzene rings is 1. The molecule has 0 bridgehead atoms. The van der Waals surface area contributed by atoms with Crippen molar-refractivity contribution in [3.63, 3.8) is 0 Å². The fourth-order valence-electron chi connectivity index (χ4n) is 2.91. The third-order valence-electron chi connectivity index (χ3n) is 4.45. The molecular weight excluding hydrogens is 372 g/mol. The molecule has 140 valence electrons. The van der Waals surface area contributed by atoms with Gasteiger partial charge < -0.3 is 9.88 Å². The van der Waals surface area contributed by atoms with Gasteiger partial charge in [0.15, 0.2) is 20.8 Å². The van der Waals surface area contributed by atoms with Crippen LogP contribution in [0.2, 0.25) is 0 Å². The Bertz CT molecular complexity index is 924. The average molecular weight is 395 g/mol. The zero-order valence-corrected chi connectivity index (χ0v) is 16.6. The van der Waals surface area contributed by atoms with Gasteiger partial charge in [-0.1, -0.05) is 36.0 Å². The lowest BCUT2D eigenvalue weighted by atomic mass is 10.1. The molecule has 3 rings (SSSR count). The number of nitrogens with one attached hydrogen (secondary N) is 1. The van der Waals surface area contributed by atoms with Crippen LogP contribution in [-0.2, 0) is 21.7 Å². The molecule has 2 heterocycles. The molecule has 1 aliphatic heterocycles. The average Bonchev–Trinajstić information content (AvgIpc) is 3.10. The number of aromatic nitrogens is 3. The largest absolute Gasteiger partial charge is 0.351 e. The Morgan fingerprint density at radius 2 is 2.08 bits per heavy atom. The van der Waals surface area contributed by atoms with Crippen LogP contribution in [0.3, 0.4) is 0 Å². The van der Waals surface area contributed by atoms with Crippen molar-refractivity contribution >= 4 is 27.5 Å². The van der Waals surface area contributed by atoms with E-state index in [9.17, 15) is 13.2 Å². The van der Waals surface area contributed by atoms with Crippen LogP contribution in [0.25, 0.3) is 11.4 Å². The lowest BCUT2D eigenvalue weighted by Gasteiger charge is -2.15. The van der Waals surface area contributed by atoms with Crippen LogP contribution in [0.1, 0.15) is 18.9 Å². The van der Waals surface area contributed by atoms with Gasteiger partial charge in [0.2, 0.25) is 5.91 Å². The molecule has 0 saturated carbocycles. The van der Waals surface area contributed by atoms with E-state index in [1.807, 2.05) is 42.8 Å². The van der Waals surface area contributed by atoms with E-state index in [-0.39, 0.29) is 23.5 Å². The number of carbonyl (C=O) groups is 1. The topological polar surface area (TPSA) is 94.0 Å². The molecule has 2 aromatic rings. The van der Waals surface area contributed by atoms with Gasteiger partial charge in [0.25, 0.3) is 0 Å². The highest BCUT2D eigenvalue weighted by molar-refractivity contribution is 8.00. The number of hydrogen-bond donors (Lipinski definition) is 1. The molecule has 7 nitrogen and oxygen atoms in total. The molecule has 1 fully saturated rings. The molecule has 1 N–H and O–H groups in total. The van der Waals surface area contributed by atoms with Crippen molar-refractivity contribution in [2.75, 3.05) is 11.5 Å². The molecular formula is C17H22N4O3S2. The summed E-state index contributed by atoms with van der Waals surface area (Å²) in [6.45, 7) is 3.80. The zero-order chi connectivity index (χ0) is 18.9. The van der Waals surface area contributed by atoms with E-state index in [2.05, 4.69) is 15.5 Å². The Balaban J connectivity index is 1.67. The Morgan fingerprint density at radius 3 is 2.73 bits per heavy atom. The van der Waals surface area contributed by atoms with E-state index < -0.39 is 15.1 Å². The minimum absolute atomic E-state index is 0.0253. The Kier molecular flexibility index (Phi) is 5.38. The summed E-state index contributed by atoms with van der Waals surface area (Å²) < 4.78 is 24.9. The predicted molar refractivity (Wildman–Crippen MR) is 102 cm³/mol. The van der Waals surface area contributed by atoms with Gasteiger partial charge in [-0.3, -0.25) is 4.79 Å². The minimum atomic E-state index is -3.01. The van der Waals surface area contributed by atoms with Crippen molar-refractivity contribution in [3.05, 3.63) is 29.8 Å². The molecule has 1 aromatic heterocycles. The molecule has 26 heavy (non-hydrogen) atoms. The van der Waals surface area contributed by atoms with Gasteiger partial charge in [0, 0.05) is 18.7 Å². The fraction of sp³-hybridized carbons (Fsp3) is 0.471. The van der Waals surface area contributed by atoms with E-state index >= 15 is 0 Å². The van der Waals surface area contributed by atoms with E-state index in [4.69, 9.17) is 0 Å². The smallest absolute Gasteiger partial charge is 0.233 e. The lowest BCUT2D eigenvalue weighted by Crippen LogP contribution is -2.40. The van der Waals surface area contributed by atoms with Crippen LogP contribution in [0.4, 0.5) is 0 Å². The van der Waals surface area contributed by atoms with E-state index in [0.29, 0.717) is 11.6 Å². The number of carbonyl (C=O) groups excluding carboxylic acids is 1. The van der Waals surface area contributed by atoms with Gasteiger partial charge in [-0.15, -0.1) is 10.2 Å². The van der Waals surface area contributed by atoms with Crippen LogP contribution < -0.4 is 5.32 Å². The van der Waals surface area contributed by atoms with Crippen molar-refractivity contribution < 1.29 is 13.2 Å². The summed E-state index contributed by atoms with van der Waals surface area (Å²) in [6, 6.07) is 7.64. The quantitative estimate of drug-likeness (QED) is 0.774. The second-order valence-corrected chi connectivity index (χ2v) is 10.1. The SMILES string of the molecule is Cc1ccccc1-c1nnc(S[C@@H](C)C(=O)N[C@H]2CCS(=O)(=O)C2)n1C. The van der Waals surface area contributed by atoms with E-state index in [0.717, 1.165) is 17.0 Å². The van der Waals surface area contributed by atoms with Crippen molar-refractivity contribution in [2.24, 2.45) is 7.05 Å². The van der Waals surface area contributed by atoms with Gasteiger partial charge in [0.1, 0.15) is 0 Å². The normalized spacial score (nSPS) is 20.0. The number of rotatable bonds is 5. The highest BCUT2D eigenvalue weighted by atomic mass is 32.2. The first-order valence-corrected chi connectivity index (χ1v) is 11.1. The maximum atomic E-state index is 12.4. The maximum Gasteiger partial charge on any atom is 0.233 e. The van der Waals surface area contributed by atoms with Crippen LogP contribution >= 0.6 is 11.8 Å². The molecule has 1 aliphatic rings. The number of hydrogen-bond acceptors (Lipinski definition) is 6. The molecule has 0 spiro atoms. The molecule has 0 aliphatic carbocycles. The molecule has 0 unspecified atom stereocenters. The van der Waals surface area contributed by atoms with Crippen LogP contribution in [0.5, 0.6) is 0 Å². The zero-order valence-electron chi connectivity index (χ0n) is 15.0. The third kappa shape index (κ3) is 4.09. The second-order valence-electron chi connectivity index (χ2n) is 6.55. The van der Waals surface area contributed by atoms with E-state index in [1.54, 1.807) is 6.92 Å². The maximum absolute atomic E-state index is 12.4. The first-order chi connectivity index (χ1) is 12.3.